The molecule has 1 N–H and O–H groups in total. The number of nitrogens with zero attached hydrogens (tertiary/aromatic N) is 1. The average Bonchev–Trinajstić information content (AvgIpc) is 2.46. The summed E-state index contributed by atoms with van der Waals surface area (Å²) in [5, 5.41) is 2.89. The van der Waals surface area contributed by atoms with Crippen LogP contribution in [0.3, 0.4) is 0 Å². The molecule has 20 heavy (non-hydrogen) atoms. The van der Waals surface area contributed by atoms with E-state index in [1.807, 2.05) is 45.0 Å². The molecule has 1 unspecified atom stereocenters. The van der Waals surface area contributed by atoms with Gasteiger partial charge in [0.05, 0.1) is 0 Å². The Bertz CT molecular complexity index is 532. The van der Waals surface area contributed by atoms with Gasteiger partial charge in [0.2, 0.25) is 11.8 Å². The lowest BCUT2D eigenvalue weighted by Crippen LogP contribution is -2.44. The Balaban J connectivity index is 2.29. The standard InChI is InChI=1S/C16H22N2O2/c1-11-15(20)17-13-8-6-5-7-12(13)10-18(11)14(19)9-16(2,3)4/h5-8,11H,9-10H2,1-4H3,(H,17,20). The van der Waals surface area contributed by atoms with E-state index < -0.39 is 6.04 Å². The lowest BCUT2D eigenvalue weighted by molar-refractivity contribution is -0.140. The molecule has 4 heteroatoms. The number of benzene rings is 1. The molecule has 4 nitrogen and oxygen atoms in total. The molecule has 0 aliphatic carbocycles. The van der Waals surface area contributed by atoms with E-state index in [-0.39, 0.29) is 17.2 Å². The van der Waals surface area contributed by atoms with Crippen LogP contribution < -0.4 is 5.32 Å². The fourth-order valence-electron chi connectivity index (χ4n) is 2.34. The number of carbonyl (C=O) groups excluding carboxylic acids is 2. The predicted octanol–water partition coefficient (Wildman–Crippen LogP) is 2.79. The first-order valence-corrected chi connectivity index (χ1v) is 6.96. The summed E-state index contributed by atoms with van der Waals surface area (Å²) in [6.45, 7) is 8.34. The number of rotatable bonds is 1. The second kappa shape index (κ2) is 5.27. The van der Waals surface area contributed by atoms with Gasteiger partial charge in [-0.2, -0.15) is 0 Å². The summed E-state index contributed by atoms with van der Waals surface area (Å²) >= 11 is 0. The predicted molar refractivity (Wildman–Crippen MR) is 79.2 cm³/mol. The van der Waals surface area contributed by atoms with Crippen LogP contribution in [0.5, 0.6) is 0 Å². The highest BCUT2D eigenvalue weighted by Gasteiger charge is 2.31. The topological polar surface area (TPSA) is 49.4 Å². The van der Waals surface area contributed by atoms with Crippen molar-refractivity contribution >= 4 is 17.5 Å². The lowest BCUT2D eigenvalue weighted by Gasteiger charge is -2.29. The van der Waals surface area contributed by atoms with Gasteiger partial charge >= 0.3 is 0 Å². The maximum Gasteiger partial charge on any atom is 0.246 e. The number of para-hydroxylation sites is 1. The number of nitrogens with one attached hydrogen (secondary N) is 1. The molecule has 2 amide bonds. The van der Waals surface area contributed by atoms with Crippen LogP contribution in [-0.4, -0.2) is 22.8 Å². The lowest BCUT2D eigenvalue weighted by atomic mass is 9.91. The maximum atomic E-state index is 12.5. The Morgan fingerprint density at radius 2 is 2.00 bits per heavy atom. The van der Waals surface area contributed by atoms with Crippen LogP contribution in [0.2, 0.25) is 0 Å². The second-order valence-electron chi connectivity index (χ2n) is 6.58. The number of carbonyl (C=O) groups is 2. The first-order valence-electron chi connectivity index (χ1n) is 6.96. The molecule has 1 atom stereocenters. The first-order chi connectivity index (χ1) is 9.28. The smallest absolute Gasteiger partial charge is 0.246 e. The van der Waals surface area contributed by atoms with Crippen molar-refractivity contribution in [2.45, 2.75) is 46.7 Å². The minimum Gasteiger partial charge on any atom is -0.327 e. The summed E-state index contributed by atoms with van der Waals surface area (Å²) in [4.78, 5) is 26.3. The Hall–Kier alpha value is -1.84. The molecule has 108 valence electrons. The average molecular weight is 274 g/mol. The van der Waals surface area contributed by atoms with Crippen LogP contribution in [-0.2, 0) is 16.1 Å². The third kappa shape index (κ3) is 3.18. The monoisotopic (exact) mass is 274 g/mol. The highest BCUT2D eigenvalue weighted by Crippen LogP contribution is 2.26. The summed E-state index contributed by atoms with van der Waals surface area (Å²) in [7, 11) is 0. The summed E-state index contributed by atoms with van der Waals surface area (Å²) in [6, 6.07) is 7.18. The van der Waals surface area contributed by atoms with Gasteiger partial charge in [-0.3, -0.25) is 9.59 Å². The van der Waals surface area contributed by atoms with Crippen molar-refractivity contribution in [3.63, 3.8) is 0 Å². The molecule has 1 aromatic carbocycles. The van der Waals surface area contributed by atoms with E-state index in [1.165, 1.54) is 0 Å². The molecule has 0 aromatic heterocycles. The van der Waals surface area contributed by atoms with Gasteiger partial charge in [-0.05, 0) is 24.0 Å². The van der Waals surface area contributed by atoms with E-state index in [9.17, 15) is 9.59 Å². The number of fused-ring (bicyclic) bond motifs is 1. The van der Waals surface area contributed by atoms with Crippen molar-refractivity contribution in [3.05, 3.63) is 29.8 Å². The molecule has 0 bridgehead atoms. The van der Waals surface area contributed by atoms with Crippen molar-refractivity contribution in [1.82, 2.24) is 4.90 Å². The first kappa shape index (κ1) is 14.6. The van der Waals surface area contributed by atoms with Crippen LogP contribution in [0.25, 0.3) is 0 Å². The van der Waals surface area contributed by atoms with Crippen LogP contribution in [0.1, 0.15) is 39.7 Å². The van der Waals surface area contributed by atoms with E-state index >= 15 is 0 Å². The molecule has 1 aromatic rings. The summed E-state index contributed by atoms with van der Waals surface area (Å²) in [6.07, 6.45) is 0.437. The molecule has 0 spiro atoms. The van der Waals surface area contributed by atoms with Crippen LogP contribution >= 0.6 is 0 Å². The van der Waals surface area contributed by atoms with Crippen molar-refractivity contribution < 1.29 is 9.59 Å². The van der Waals surface area contributed by atoms with Gasteiger partial charge in [0.1, 0.15) is 6.04 Å². The van der Waals surface area contributed by atoms with Crippen molar-refractivity contribution in [1.29, 1.82) is 0 Å². The molecular formula is C16H22N2O2. The molecular weight excluding hydrogens is 252 g/mol. The van der Waals surface area contributed by atoms with Gasteiger partial charge < -0.3 is 10.2 Å². The van der Waals surface area contributed by atoms with Gasteiger partial charge in [-0.15, -0.1) is 0 Å². The van der Waals surface area contributed by atoms with E-state index in [0.717, 1.165) is 11.3 Å². The van der Waals surface area contributed by atoms with Crippen LogP contribution in [0.15, 0.2) is 24.3 Å². The molecule has 1 heterocycles. The Labute approximate surface area is 120 Å². The third-order valence-corrected chi connectivity index (χ3v) is 3.46. The van der Waals surface area contributed by atoms with Gasteiger partial charge in [0, 0.05) is 18.7 Å². The van der Waals surface area contributed by atoms with Gasteiger partial charge in [-0.25, -0.2) is 0 Å². The molecule has 0 fully saturated rings. The van der Waals surface area contributed by atoms with Crippen molar-refractivity contribution in [3.8, 4) is 0 Å². The Kier molecular flexibility index (Phi) is 3.84. The number of anilines is 1. The van der Waals surface area contributed by atoms with Crippen molar-refractivity contribution in [2.24, 2.45) is 5.41 Å². The summed E-state index contributed by atoms with van der Waals surface area (Å²) in [5.74, 6) is -0.103. The highest BCUT2D eigenvalue weighted by atomic mass is 16.2. The van der Waals surface area contributed by atoms with E-state index in [4.69, 9.17) is 0 Å². The second-order valence-corrected chi connectivity index (χ2v) is 6.58. The zero-order chi connectivity index (χ0) is 14.9. The number of amides is 2. The molecule has 0 saturated carbocycles. The zero-order valence-electron chi connectivity index (χ0n) is 12.6. The third-order valence-electron chi connectivity index (χ3n) is 3.46. The van der Waals surface area contributed by atoms with E-state index in [0.29, 0.717) is 13.0 Å². The quantitative estimate of drug-likeness (QED) is 0.856. The Morgan fingerprint density at radius 3 is 2.65 bits per heavy atom. The van der Waals surface area contributed by atoms with E-state index in [1.54, 1.807) is 11.8 Å². The largest absolute Gasteiger partial charge is 0.327 e. The normalized spacial score (nSPS) is 19.1. The zero-order valence-corrected chi connectivity index (χ0v) is 12.6. The molecule has 2 rings (SSSR count). The van der Waals surface area contributed by atoms with Gasteiger partial charge in [-0.1, -0.05) is 39.0 Å². The van der Waals surface area contributed by atoms with Crippen LogP contribution in [0.4, 0.5) is 5.69 Å². The fraction of sp³-hybridized carbons (Fsp3) is 0.500. The summed E-state index contributed by atoms with van der Waals surface area (Å²) in [5.41, 5.74) is 1.70. The van der Waals surface area contributed by atoms with Crippen LogP contribution in [0, 0.1) is 5.41 Å². The Morgan fingerprint density at radius 1 is 1.35 bits per heavy atom. The molecule has 0 saturated heterocycles. The molecule has 1 aliphatic rings. The number of hydrogen-bond acceptors (Lipinski definition) is 2. The number of hydrogen-bond donors (Lipinski definition) is 1. The fourth-order valence-corrected chi connectivity index (χ4v) is 2.34. The molecule has 0 radical (unpaired) electrons. The minimum absolute atomic E-state index is 0.0249. The minimum atomic E-state index is -0.447. The SMILES string of the molecule is CC1C(=O)Nc2ccccc2CN1C(=O)CC(C)(C)C. The summed E-state index contributed by atoms with van der Waals surface area (Å²) < 4.78 is 0. The van der Waals surface area contributed by atoms with E-state index in [2.05, 4.69) is 5.32 Å². The molecule has 1 aliphatic heterocycles. The van der Waals surface area contributed by atoms with Gasteiger partial charge in [0.15, 0.2) is 0 Å². The van der Waals surface area contributed by atoms with Gasteiger partial charge in [0.25, 0.3) is 0 Å². The maximum absolute atomic E-state index is 12.5. The highest BCUT2D eigenvalue weighted by molar-refractivity contribution is 5.98. The van der Waals surface area contributed by atoms with Crippen molar-refractivity contribution in [2.75, 3.05) is 5.32 Å².